The van der Waals surface area contributed by atoms with E-state index in [1.807, 2.05) is 81.6 Å². The molecule has 2 heterocycles. The van der Waals surface area contributed by atoms with Crippen molar-refractivity contribution in [3.8, 4) is 33.8 Å². The Hall–Kier alpha value is -4.46. The molecular weight excluding hydrogens is 682 g/mol. The molecule has 0 unspecified atom stereocenters. The van der Waals surface area contributed by atoms with Crippen LogP contribution in [0.5, 0.6) is 0 Å². The Morgan fingerprint density at radius 3 is 2.14 bits per heavy atom. The normalized spacial score (nSPS) is 10.3. The molecular formula is C36H40ClN5O5S2. The lowest BCUT2D eigenvalue weighted by molar-refractivity contribution is -0.195. The number of pyridine rings is 1. The van der Waals surface area contributed by atoms with Crippen LogP contribution in [0, 0.1) is 29.6 Å². The van der Waals surface area contributed by atoms with Gasteiger partial charge in [-0.15, -0.1) is 11.3 Å². The predicted molar refractivity (Wildman–Crippen MR) is 195 cm³/mol. The van der Waals surface area contributed by atoms with E-state index in [-0.39, 0.29) is 24.2 Å². The first-order chi connectivity index (χ1) is 23.3. The summed E-state index contributed by atoms with van der Waals surface area (Å²) in [6.07, 6.45) is 0.654. The minimum absolute atomic E-state index is 0.0189. The van der Waals surface area contributed by atoms with Crippen LogP contribution in [0.2, 0.25) is 5.02 Å². The lowest BCUT2D eigenvalue weighted by atomic mass is 9.96. The van der Waals surface area contributed by atoms with Crippen LogP contribution >= 0.6 is 34.7 Å². The number of aryl methyl sites for hydroxylation is 1. The Balaban J connectivity index is 0.000000415. The summed E-state index contributed by atoms with van der Waals surface area (Å²) in [4.78, 5) is 31.1. The van der Waals surface area contributed by atoms with Gasteiger partial charge in [-0.2, -0.15) is 10.5 Å². The third kappa shape index (κ3) is 13.2. The van der Waals surface area contributed by atoms with Gasteiger partial charge in [0.1, 0.15) is 33.6 Å². The van der Waals surface area contributed by atoms with Crippen molar-refractivity contribution < 1.29 is 24.2 Å². The Labute approximate surface area is 300 Å². The summed E-state index contributed by atoms with van der Waals surface area (Å²) in [6.45, 7) is 10.9. The van der Waals surface area contributed by atoms with Gasteiger partial charge in [0.2, 0.25) is 5.79 Å². The summed E-state index contributed by atoms with van der Waals surface area (Å²) >= 11 is 8.89. The van der Waals surface area contributed by atoms with Gasteiger partial charge in [-0.25, -0.2) is 9.97 Å². The Kier molecular flexibility index (Phi) is 16.7. The van der Waals surface area contributed by atoms with E-state index in [4.69, 9.17) is 27.2 Å². The monoisotopic (exact) mass is 721 g/mol. The highest BCUT2D eigenvalue weighted by atomic mass is 35.5. The SMILES string of the molecule is CC.CCCOC(=O)CCC(=O)OC(C)(C)O.Cc1ccc(-c2c(C#N)c(N)nc(SCc3csc(-c4ccc(Cl)cc4)n3)c2C#N)cc1. The molecule has 49 heavy (non-hydrogen) atoms. The molecule has 0 saturated carbocycles. The molecule has 0 saturated heterocycles. The number of aromatic nitrogens is 2. The first-order valence-electron chi connectivity index (χ1n) is 15.5. The van der Waals surface area contributed by atoms with Crippen molar-refractivity contribution in [2.24, 2.45) is 0 Å². The van der Waals surface area contributed by atoms with Crippen molar-refractivity contribution in [2.45, 2.75) is 77.4 Å². The molecule has 2 aromatic carbocycles. The molecule has 0 aliphatic rings. The maximum absolute atomic E-state index is 11.0. The van der Waals surface area contributed by atoms with E-state index in [1.54, 1.807) is 11.3 Å². The average molecular weight is 722 g/mol. The minimum Gasteiger partial charge on any atom is -0.466 e. The number of halogens is 1. The first kappa shape index (κ1) is 40.7. The molecule has 4 aromatic rings. The minimum atomic E-state index is -1.50. The van der Waals surface area contributed by atoms with Crippen molar-refractivity contribution >= 4 is 52.5 Å². The average Bonchev–Trinajstić information content (AvgIpc) is 3.55. The molecule has 0 spiro atoms. The van der Waals surface area contributed by atoms with Crippen molar-refractivity contribution in [3.63, 3.8) is 0 Å². The zero-order valence-corrected chi connectivity index (χ0v) is 30.8. The van der Waals surface area contributed by atoms with E-state index >= 15 is 0 Å². The molecule has 0 amide bonds. The molecule has 0 aliphatic heterocycles. The van der Waals surface area contributed by atoms with Crippen LogP contribution in [-0.2, 0) is 24.8 Å². The van der Waals surface area contributed by atoms with Gasteiger partial charge in [-0.3, -0.25) is 9.59 Å². The number of hydrogen-bond donors (Lipinski definition) is 2. The van der Waals surface area contributed by atoms with Gasteiger partial charge in [0, 0.05) is 41.1 Å². The number of nitrogen functional groups attached to an aromatic ring is 1. The van der Waals surface area contributed by atoms with Crippen LogP contribution in [0.25, 0.3) is 21.7 Å². The van der Waals surface area contributed by atoms with Crippen LogP contribution < -0.4 is 5.73 Å². The quantitative estimate of drug-likeness (QED) is 0.0864. The first-order valence-corrected chi connectivity index (χ1v) is 17.7. The van der Waals surface area contributed by atoms with Crippen molar-refractivity contribution in [3.05, 3.63) is 81.3 Å². The number of thiazole rings is 1. The van der Waals surface area contributed by atoms with Crippen molar-refractivity contribution in [1.82, 2.24) is 9.97 Å². The molecule has 4 rings (SSSR count). The van der Waals surface area contributed by atoms with Gasteiger partial charge in [-0.05, 0) is 31.0 Å². The second-order valence-electron chi connectivity index (χ2n) is 10.6. The predicted octanol–water partition coefficient (Wildman–Crippen LogP) is 8.47. The number of benzene rings is 2. The number of nitrogens with two attached hydrogens (primary N) is 1. The molecule has 0 aliphatic carbocycles. The van der Waals surface area contributed by atoms with Gasteiger partial charge in [0.05, 0.1) is 30.7 Å². The van der Waals surface area contributed by atoms with Crippen LogP contribution in [0.3, 0.4) is 0 Å². The van der Waals surface area contributed by atoms with Crippen LogP contribution in [0.15, 0.2) is 58.9 Å². The Morgan fingerprint density at radius 1 is 0.980 bits per heavy atom. The molecule has 0 atom stereocenters. The van der Waals surface area contributed by atoms with Gasteiger partial charge in [0.25, 0.3) is 0 Å². The summed E-state index contributed by atoms with van der Waals surface area (Å²) in [6, 6.07) is 19.5. The lowest BCUT2D eigenvalue weighted by Crippen LogP contribution is -2.27. The van der Waals surface area contributed by atoms with Crippen molar-refractivity contribution in [1.29, 1.82) is 10.5 Å². The molecule has 0 radical (unpaired) electrons. The van der Waals surface area contributed by atoms with E-state index in [0.717, 1.165) is 33.8 Å². The van der Waals surface area contributed by atoms with E-state index in [9.17, 15) is 20.1 Å². The number of carbonyl (C=O) groups is 2. The molecule has 0 bridgehead atoms. The lowest BCUT2D eigenvalue weighted by Gasteiger charge is -2.17. The number of nitriles is 2. The molecule has 13 heteroatoms. The number of ether oxygens (including phenoxy) is 2. The van der Waals surface area contributed by atoms with Gasteiger partial charge in [-0.1, -0.05) is 86.1 Å². The number of esters is 2. The summed E-state index contributed by atoms with van der Waals surface area (Å²) in [5.74, 6) is -1.90. The second kappa shape index (κ2) is 20.1. The zero-order chi connectivity index (χ0) is 36.6. The maximum Gasteiger partial charge on any atom is 0.308 e. The Morgan fingerprint density at radius 2 is 1.57 bits per heavy atom. The summed E-state index contributed by atoms with van der Waals surface area (Å²) < 4.78 is 9.36. The number of rotatable bonds is 11. The van der Waals surface area contributed by atoms with Crippen molar-refractivity contribution in [2.75, 3.05) is 12.3 Å². The number of carbonyl (C=O) groups excluding carboxylic acids is 2. The van der Waals surface area contributed by atoms with Crippen LogP contribution in [0.4, 0.5) is 5.82 Å². The third-order valence-electron chi connectivity index (χ3n) is 6.12. The second-order valence-corrected chi connectivity index (χ2v) is 12.9. The molecule has 2 aromatic heterocycles. The smallest absolute Gasteiger partial charge is 0.308 e. The third-order valence-corrected chi connectivity index (χ3v) is 8.32. The zero-order valence-electron chi connectivity index (χ0n) is 28.4. The number of anilines is 1. The number of hydrogen-bond acceptors (Lipinski definition) is 12. The van der Waals surface area contributed by atoms with E-state index in [2.05, 4.69) is 26.8 Å². The molecule has 258 valence electrons. The summed E-state index contributed by atoms with van der Waals surface area (Å²) in [5.41, 5.74) is 10.9. The summed E-state index contributed by atoms with van der Waals surface area (Å²) in [7, 11) is 0. The van der Waals surface area contributed by atoms with E-state index in [1.165, 1.54) is 25.6 Å². The number of aliphatic hydroxyl groups is 1. The fraction of sp³-hybridized carbons (Fsp3) is 0.333. The highest BCUT2D eigenvalue weighted by Gasteiger charge is 2.21. The van der Waals surface area contributed by atoms with E-state index in [0.29, 0.717) is 33.5 Å². The highest BCUT2D eigenvalue weighted by Crippen LogP contribution is 2.37. The highest BCUT2D eigenvalue weighted by molar-refractivity contribution is 7.98. The van der Waals surface area contributed by atoms with Crippen LogP contribution in [-0.4, -0.2) is 39.4 Å². The van der Waals surface area contributed by atoms with Gasteiger partial charge < -0.3 is 20.3 Å². The maximum atomic E-state index is 11.0. The Bertz CT molecular complexity index is 1770. The standard InChI is InChI=1S/C24H16ClN5S2.C10H18O5.C2H6/c1-14-2-4-15(5-3-14)21-19(10-26)22(28)30-24(20(21)11-27)32-13-18-12-31-23(29-18)16-6-8-17(25)9-7-16;1-4-7-14-8(11)5-6-9(12)15-10(2,3)13;1-2/h2-9,12H,13H2,1H3,(H2,28,30);13H,4-7H2,1-3H3;1-2H3. The molecule has 3 N–H and O–H groups in total. The number of thioether (sulfide) groups is 1. The topological polar surface area (TPSA) is 172 Å². The summed E-state index contributed by atoms with van der Waals surface area (Å²) in [5, 5.41) is 32.8. The fourth-order valence-electron chi connectivity index (χ4n) is 3.97. The number of nitrogens with zero attached hydrogens (tertiary/aromatic N) is 4. The molecule has 0 fully saturated rings. The molecule has 10 nitrogen and oxygen atoms in total. The van der Waals surface area contributed by atoms with Crippen LogP contribution in [0.1, 0.15) is 76.3 Å². The van der Waals surface area contributed by atoms with E-state index < -0.39 is 17.7 Å². The van der Waals surface area contributed by atoms with Gasteiger partial charge >= 0.3 is 11.9 Å². The fourth-order valence-corrected chi connectivity index (χ4v) is 5.92. The largest absolute Gasteiger partial charge is 0.466 e. The van der Waals surface area contributed by atoms with Gasteiger partial charge in [0.15, 0.2) is 0 Å².